The number of benzene rings is 2. The van der Waals surface area contributed by atoms with E-state index in [4.69, 9.17) is 5.73 Å². The number of nitrogens with two attached hydrogens (primary N) is 1. The number of carbonyl (C=O) groups excluding carboxylic acids is 3. The molecule has 39 heavy (non-hydrogen) atoms. The van der Waals surface area contributed by atoms with Crippen LogP contribution in [-0.2, 0) is 20.9 Å². The summed E-state index contributed by atoms with van der Waals surface area (Å²) in [5.41, 5.74) is 10.3. The normalized spacial score (nSPS) is 19.8. The molecule has 208 valence electrons. The van der Waals surface area contributed by atoms with Crippen LogP contribution >= 0.6 is 0 Å². The van der Waals surface area contributed by atoms with Crippen molar-refractivity contribution in [2.45, 2.75) is 77.3 Å². The van der Waals surface area contributed by atoms with Crippen molar-refractivity contribution in [3.63, 3.8) is 0 Å². The highest BCUT2D eigenvalue weighted by atomic mass is 16.2. The Labute approximate surface area is 233 Å². The summed E-state index contributed by atoms with van der Waals surface area (Å²) in [5, 5.41) is 3.06. The molecule has 2 aliphatic rings. The molecular weight excluding hydrogens is 486 g/mol. The molecule has 3 atom stereocenters. The van der Waals surface area contributed by atoms with Gasteiger partial charge in [0, 0.05) is 13.1 Å². The summed E-state index contributed by atoms with van der Waals surface area (Å²) in [6.07, 6.45) is 9.45. The van der Waals surface area contributed by atoms with Crippen molar-refractivity contribution in [3.8, 4) is 11.1 Å². The monoisotopic (exact) mass is 529 g/mol. The Kier molecular flexibility index (Phi) is 9.96. The lowest BCUT2D eigenvalue weighted by atomic mass is 9.80. The number of hydrogen-bond acceptors (Lipinski definition) is 3. The van der Waals surface area contributed by atoms with Crippen LogP contribution < -0.4 is 11.1 Å². The van der Waals surface area contributed by atoms with Crippen LogP contribution in [0.25, 0.3) is 11.1 Å². The number of aryl methyl sites for hydroxylation is 1. The highest BCUT2D eigenvalue weighted by Crippen LogP contribution is 2.34. The molecule has 6 heteroatoms. The maximum absolute atomic E-state index is 13.7. The number of likely N-dealkylation sites (tertiary alicyclic amines) is 1. The van der Waals surface area contributed by atoms with Gasteiger partial charge in [-0.05, 0) is 67.7 Å². The third-order valence-electron chi connectivity index (χ3n) is 8.45. The third kappa shape index (κ3) is 7.59. The summed E-state index contributed by atoms with van der Waals surface area (Å²) in [5.74, 6) is -1.50. The first-order chi connectivity index (χ1) is 18.9. The number of allylic oxidation sites excluding steroid dienone is 1. The fourth-order valence-corrected chi connectivity index (χ4v) is 6.21. The molecule has 2 aromatic rings. The van der Waals surface area contributed by atoms with Gasteiger partial charge < -0.3 is 16.0 Å². The Hall–Kier alpha value is -3.41. The lowest BCUT2D eigenvalue weighted by Crippen LogP contribution is -2.50. The van der Waals surface area contributed by atoms with Crippen molar-refractivity contribution in [2.24, 2.45) is 23.5 Å². The van der Waals surface area contributed by atoms with Crippen LogP contribution in [-0.4, -0.2) is 35.2 Å². The fourth-order valence-electron chi connectivity index (χ4n) is 6.21. The van der Waals surface area contributed by atoms with Crippen molar-refractivity contribution in [1.29, 1.82) is 0 Å². The third-order valence-corrected chi connectivity index (χ3v) is 8.45. The number of nitrogens with one attached hydrogen (secondary N) is 1. The highest BCUT2D eigenvalue weighted by Gasteiger charge is 2.37. The van der Waals surface area contributed by atoms with E-state index < -0.39 is 23.8 Å². The summed E-state index contributed by atoms with van der Waals surface area (Å²) < 4.78 is 0. The van der Waals surface area contributed by atoms with E-state index in [-0.39, 0.29) is 11.8 Å². The minimum atomic E-state index is -0.607. The second kappa shape index (κ2) is 13.6. The van der Waals surface area contributed by atoms with Crippen LogP contribution in [0.15, 0.2) is 61.2 Å². The van der Waals surface area contributed by atoms with Crippen LogP contribution in [0.1, 0.15) is 68.9 Å². The molecule has 1 aliphatic carbocycles. The molecule has 1 saturated carbocycles. The average molecular weight is 530 g/mol. The Morgan fingerprint density at radius 2 is 1.74 bits per heavy atom. The SMILES string of the molecule is C=CCC(C(N)=O)C(CC1CCCC1)C(=O)N[C@H]1CCCCN(Cc2cccc(-c3ccc(C)cc3)c2)C1=O. The molecule has 2 unspecified atom stereocenters. The zero-order chi connectivity index (χ0) is 27.8. The van der Waals surface area contributed by atoms with E-state index in [9.17, 15) is 14.4 Å². The van der Waals surface area contributed by atoms with Gasteiger partial charge in [0.2, 0.25) is 17.7 Å². The van der Waals surface area contributed by atoms with Gasteiger partial charge in [-0.2, -0.15) is 0 Å². The van der Waals surface area contributed by atoms with E-state index in [1.54, 1.807) is 6.08 Å². The minimum Gasteiger partial charge on any atom is -0.369 e. The molecule has 0 bridgehead atoms. The number of primary amides is 1. The predicted octanol–water partition coefficient (Wildman–Crippen LogP) is 5.53. The summed E-state index contributed by atoms with van der Waals surface area (Å²) in [4.78, 5) is 41.5. The Bertz CT molecular complexity index is 1150. The molecule has 0 spiro atoms. The summed E-state index contributed by atoms with van der Waals surface area (Å²) in [7, 11) is 0. The smallest absolute Gasteiger partial charge is 0.245 e. The van der Waals surface area contributed by atoms with Gasteiger partial charge in [0.1, 0.15) is 6.04 Å². The average Bonchev–Trinajstić information content (AvgIpc) is 3.39. The standard InChI is InChI=1S/C33H43N3O3/c1-3-9-28(31(34)37)29(21-24-10-4-5-11-24)32(38)35-30-14-6-7-19-36(33(30)39)22-25-12-8-13-27(20-25)26-17-15-23(2)16-18-26/h3,8,12-13,15-18,20,24,28-30H,1,4-7,9-11,14,19,21-22H2,2H3,(H2,34,37)(H,35,38)/t28?,29?,30-/m0/s1. The fraction of sp³-hybridized carbons (Fsp3) is 0.485. The van der Waals surface area contributed by atoms with Gasteiger partial charge in [-0.1, -0.05) is 79.8 Å². The maximum atomic E-state index is 13.7. The topological polar surface area (TPSA) is 92.5 Å². The van der Waals surface area contributed by atoms with Gasteiger partial charge in [-0.15, -0.1) is 6.58 Å². The van der Waals surface area contributed by atoms with Crippen molar-refractivity contribution in [1.82, 2.24) is 10.2 Å². The van der Waals surface area contributed by atoms with E-state index in [1.807, 2.05) is 17.0 Å². The molecule has 4 rings (SSSR count). The number of nitrogens with zero attached hydrogens (tertiary/aromatic N) is 1. The first kappa shape index (κ1) is 28.6. The Balaban J connectivity index is 1.47. The van der Waals surface area contributed by atoms with Crippen LogP contribution in [0.3, 0.4) is 0 Å². The first-order valence-corrected chi connectivity index (χ1v) is 14.5. The zero-order valence-electron chi connectivity index (χ0n) is 23.2. The molecule has 2 fully saturated rings. The molecule has 2 aromatic carbocycles. The summed E-state index contributed by atoms with van der Waals surface area (Å²) in [6, 6.07) is 16.2. The summed E-state index contributed by atoms with van der Waals surface area (Å²) >= 11 is 0. The molecule has 1 saturated heterocycles. The van der Waals surface area contributed by atoms with Gasteiger partial charge in [0.25, 0.3) is 0 Å². The molecule has 0 aromatic heterocycles. The first-order valence-electron chi connectivity index (χ1n) is 14.5. The van der Waals surface area contributed by atoms with Crippen molar-refractivity contribution >= 4 is 17.7 Å². The minimum absolute atomic E-state index is 0.0550. The van der Waals surface area contributed by atoms with Gasteiger partial charge in [0.05, 0.1) is 11.8 Å². The molecule has 1 heterocycles. The van der Waals surface area contributed by atoms with E-state index in [0.29, 0.717) is 38.3 Å². The van der Waals surface area contributed by atoms with Crippen molar-refractivity contribution in [2.75, 3.05) is 6.54 Å². The molecule has 1 aliphatic heterocycles. The van der Waals surface area contributed by atoms with Crippen LogP contribution in [0.4, 0.5) is 0 Å². The van der Waals surface area contributed by atoms with E-state index in [2.05, 4.69) is 55.2 Å². The van der Waals surface area contributed by atoms with Crippen molar-refractivity contribution < 1.29 is 14.4 Å². The van der Waals surface area contributed by atoms with Gasteiger partial charge in [-0.3, -0.25) is 14.4 Å². The van der Waals surface area contributed by atoms with E-state index in [0.717, 1.165) is 55.2 Å². The van der Waals surface area contributed by atoms with Crippen LogP contribution in [0.2, 0.25) is 0 Å². The second-order valence-corrected chi connectivity index (χ2v) is 11.4. The second-order valence-electron chi connectivity index (χ2n) is 11.4. The Morgan fingerprint density at radius 3 is 2.44 bits per heavy atom. The quantitative estimate of drug-likeness (QED) is 0.375. The number of hydrogen-bond donors (Lipinski definition) is 2. The van der Waals surface area contributed by atoms with Crippen molar-refractivity contribution in [3.05, 3.63) is 72.3 Å². The molecule has 6 nitrogen and oxygen atoms in total. The predicted molar refractivity (Wildman–Crippen MR) is 155 cm³/mol. The zero-order valence-corrected chi connectivity index (χ0v) is 23.2. The number of carbonyl (C=O) groups is 3. The van der Waals surface area contributed by atoms with E-state index in [1.165, 1.54) is 5.56 Å². The van der Waals surface area contributed by atoms with Crippen LogP contribution in [0, 0.1) is 24.7 Å². The molecule has 3 amide bonds. The van der Waals surface area contributed by atoms with Crippen LogP contribution in [0.5, 0.6) is 0 Å². The highest BCUT2D eigenvalue weighted by molar-refractivity contribution is 5.91. The largest absolute Gasteiger partial charge is 0.369 e. The van der Waals surface area contributed by atoms with E-state index >= 15 is 0 Å². The maximum Gasteiger partial charge on any atom is 0.245 e. The molecular formula is C33H43N3O3. The molecule has 3 N–H and O–H groups in total. The lowest BCUT2D eigenvalue weighted by Gasteiger charge is -2.29. The number of rotatable bonds is 11. The Morgan fingerprint density at radius 1 is 1.03 bits per heavy atom. The summed E-state index contributed by atoms with van der Waals surface area (Å²) in [6.45, 7) is 7.00. The lowest BCUT2D eigenvalue weighted by molar-refractivity contribution is -0.139. The van der Waals surface area contributed by atoms with Gasteiger partial charge >= 0.3 is 0 Å². The number of amides is 3. The van der Waals surface area contributed by atoms with Gasteiger partial charge in [0.15, 0.2) is 0 Å². The molecule has 0 radical (unpaired) electrons. The van der Waals surface area contributed by atoms with Gasteiger partial charge in [-0.25, -0.2) is 0 Å².